The van der Waals surface area contributed by atoms with Crippen LogP contribution in [0.25, 0.3) is 0 Å². The van der Waals surface area contributed by atoms with Crippen molar-refractivity contribution >= 4 is 50.7 Å². The molecule has 0 heterocycles. The van der Waals surface area contributed by atoms with Crippen molar-refractivity contribution in [1.82, 2.24) is 0 Å². The van der Waals surface area contributed by atoms with E-state index in [-0.39, 0.29) is 16.1 Å². The van der Waals surface area contributed by atoms with Crippen LogP contribution in [0.1, 0.15) is 24.5 Å². The molecule has 0 unspecified atom stereocenters. The van der Waals surface area contributed by atoms with E-state index in [0.717, 1.165) is 16.0 Å². The Bertz CT molecular complexity index is 1190. The van der Waals surface area contributed by atoms with E-state index in [1.54, 1.807) is 30.3 Å². The summed E-state index contributed by atoms with van der Waals surface area (Å²) in [6.07, 6.45) is 0.644. The maximum atomic E-state index is 12.7. The zero-order valence-electron chi connectivity index (χ0n) is 18.1. The molecule has 3 aromatic rings. The number of rotatable bonds is 8. The molecular formula is C24H25ClN2O3S2. The van der Waals surface area contributed by atoms with E-state index in [4.69, 9.17) is 11.6 Å². The first-order valence-corrected chi connectivity index (χ1v) is 12.9. The number of carbonyl (C=O) groups is 1. The summed E-state index contributed by atoms with van der Waals surface area (Å²) in [6.45, 7) is 5.76. The van der Waals surface area contributed by atoms with Crippen LogP contribution in [-0.2, 0) is 14.8 Å². The minimum atomic E-state index is -3.74. The van der Waals surface area contributed by atoms with Gasteiger partial charge in [0.1, 0.15) is 0 Å². The van der Waals surface area contributed by atoms with Gasteiger partial charge in [0, 0.05) is 15.6 Å². The summed E-state index contributed by atoms with van der Waals surface area (Å²) in [7, 11) is -3.74. The predicted octanol–water partition coefficient (Wildman–Crippen LogP) is 6.27. The fourth-order valence-corrected chi connectivity index (χ4v) is 5.28. The Hall–Kier alpha value is -2.48. The lowest BCUT2D eigenvalue weighted by molar-refractivity contribution is -0.115. The van der Waals surface area contributed by atoms with Gasteiger partial charge in [-0.2, -0.15) is 0 Å². The molecule has 8 heteroatoms. The molecular weight excluding hydrogens is 464 g/mol. The van der Waals surface area contributed by atoms with Crippen LogP contribution in [0.5, 0.6) is 0 Å². The van der Waals surface area contributed by atoms with Crippen LogP contribution in [0.2, 0.25) is 5.02 Å². The van der Waals surface area contributed by atoms with Crippen LogP contribution in [0.3, 0.4) is 0 Å². The molecule has 168 valence electrons. The van der Waals surface area contributed by atoms with Crippen molar-refractivity contribution in [2.24, 2.45) is 0 Å². The molecule has 32 heavy (non-hydrogen) atoms. The Morgan fingerprint density at radius 3 is 2.25 bits per heavy atom. The fraction of sp³-hybridized carbons (Fsp3) is 0.208. The second-order valence-corrected chi connectivity index (χ2v) is 10.8. The number of anilines is 2. The first-order valence-electron chi connectivity index (χ1n) is 10.1. The van der Waals surface area contributed by atoms with Crippen molar-refractivity contribution in [3.8, 4) is 0 Å². The lowest BCUT2D eigenvalue weighted by Gasteiger charge is -2.15. The minimum Gasteiger partial charge on any atom is -0.325 e. The van der Waals surface area contributed by atoms with E-state index in [2.05, 4.69) is 10.0 Å². The Kier molecular flexibility index (Phi) is 7.87. The van der Waals surface area contributed by atoms with Gasteiger partial charge in [-0.25, -0.2) is 8.42 Å². The Morgan fingerprint density at radius 2 is 1.66 bits per heavy atom. The molecule has 0 fully saturated rings. The predicted molar refractivity (Wildman–Crippen MR) is 133 cm³/mol. The number of thioether (sulfide) groups is 1. The normalized spacial score (nSPS) is 12.2. The van der Waals surface area contributed by atoms with E-state index < -0.39 is 10.0 Å². The van der Waals surface area contributed by atoms with Gasteiger partial charge in [-0.1, -0.05) is 36.2 Å². The minimum absolute atomic E-state index is 0.123. The SMILES string of the molecule is CC[C@@H](Sc1ccc(Cl)cc1)C(=O)Nc1ccc(S(=O)(=O)Nc2ccc(C)cc2C)cc1. The summed E-state index contributed by atoms with van der Waals surface area (Å²) in [4.78, 5) is 13.8. The van der Waals surface area contributed by atoms with Crippen LogP contribution in [0.4, 0.5) is 11.4 Å². The number of amides is 1. The number of benzene rings is 3. The van der Waals surface area contributed by atoms with E-state index in [9.17, 15) is 13.2 Å². The molecule has 5 nitrogen and oxygen atoms in total. The standard InChI is InChI=1S/C24H25ClN2O3S2/c1-4-23(31-20-10-6-18(25)7-11-20)24(28)26-19-8-12-21(13-9-19)32(29,30)27-22-14-5-16(2)15-17(22)3/h5-15,23,27H,4H2,1-3H3,(H,26,28)/t23-/m1/s1. The third-order valence-electron chi connectivity index (χ3n) is 4.81. The molecule has 1 atom stereocenters. The molecule has 1 amide bonds. The van der Waals surface area contributed by atoms with Gasteiger partial charge >= 0.3 is 0 Å². The van der Waals surface area contributed by atoms with Crippen molar-refractivity contribution < 1.29 is 13.2 Å². The van der Waals surface area contributed by atoms with Crippen LogP contribution in [0, 0.1) is 13.8 Å². The highest BCUT2D eigenvalue weighted by molar-refractivity contribution is 8.00. The molecule has 0 aliphatic rings. The van der Waals surface area contributed by atoms with Gasteiger partial charge in [-0.15, -0.1) is 11.8 Å². The van der Waals surface area contributed by atoms with E-state index in [1.165, 1.54) is 23.9 Å². The van der Waals surface area contributed by atoms with Crippen molar-refractivity contribution in [3.05, 3.63) is 82.9 Å². The maximum absolute atomic E-state index is 12.7. The molecule has 0 aliphatic carbocycles. The zero-order chi connectivity index (χ0) is 23.3. The molecule has 0 bridgehead atoms. The molecule has 3 rings (SSSR count). The topological polar surface area (TPSA) is 75.3 Å². The Balaban J connectivity index is 1.67. The van der Waals surface area contributed by atoms with Crippen LogP contribution in [0.15, 0.2) is 76.5 Å². The van der Waals surface area contributed by atoms with Crippen LogP contribution >= 0.6 is 23.4 Å². The number of hydrogen-bond acceptors (Lipinski definition) is 4. The fourth-order valence-electron chi connectivity index (χ4n) is 3.07. The van der Waals surface area contributed by atoms with E-state index >= 15 is 0 Å². The molecule has 0 saturated heterocycles. The first kappa shape index (κ1) is 24.2. The van der Waals surface area contributed by atoms with Crippen molar-refractivity contribution in [2.75, 3.05) is 10.0 Å². The van der Waals surface area contributed by atoms with Crippen molar-refractivity contribution in [3.63, 3.8) is 0 Å². The summed E-state index contributed by atoms with van der Waals surface area (Å²) in [5, 5.41) is 3.23. The lowest BCUT2D eigenvalue weighted by atomic mass is 10.1. The van der Waals surface area contributed by atoms with Gasteiger partial charge in [-0.3, -0.25) is 9.52 Å². The number of carbonyl (C=O) groups excluding carboxylic acids is 1. The number of hydrogen-bond donors (Lipinski definition) is 2. The highest BCUT2D eigenvalue weighted by Crippen LogP contribution is 2.28. The van der Waals surface area contributed by atoms with Gasteiger partial charge in [0.05, 0.1) is 15.8 Å². The molecule has 3 aromatic carbocycles. The summed E-state index contributed by atoms with van der Waals surface area (Å²) in [5.74, 6) is -0.142. The van der Waals surface area contributed by atoms with E-state index in [0.29, 0.717) is 22.8 Å². The smallest absolute Gasteiger partial charge is 0.261 e. The highest BCUT2D eigenvalue weighted by atomic mass is 35.5. The highest BCUT2D eigenvalue weighted by Gasteiger charge is 2.19. The first-order chi connectivity index (χ1) is 15.2. The molecule has 0 radical (unpaired) electrons. The van der Waals surface area contributed by atoms with Gasteiger partial charge in [0.25, 0.3) is 10.0 Å². The zero-order valence-corrected chi connectivity index (χ0v) is 20.4. The van der Waals surface area contributed by atoms with Gasteiger partial charge in [0.2, 0.25) is 5.91 Å². The summed E-state index contributed by atoms with van der Waals surface area (Å²) >= 11 is 7.38. The van der Waals surface area contributed by atoms with Crippen LogP contribution in [-0.4, -0.2) is 19.6 Å². The largest absolute Gasteiger partial charge is 0.325 e. The average molecular weight is 489 g/mol. The molecule has 2 N–H and O–H groups in total. The van der Waals surface area contributed by atoms with Gasteiger partial charge in [0.15, 0.2) is 0 Å². The average Bonchev–Trinajstić information content (AvgIpc) is 2.75. The summed E-state index contributed by atoms with van der Waals surface area (Å²) in [5.41, 5.74) is 2.99. The van der Waals surface area contributed by atoms with Gasteiger partial charge in [-0.05, 0) is 80.4 Å². The molecule has 0 aliphatic heterocycles. The van der Waals surface area contributed by atoms with Crippen LogP contribution < -0.4 is 10.0 Å². The number of sulfonamides is 1. The third kappa shape index (κ3) is 6.28. The van der Waals surface area contributed by atoms with Crippen molar-refractivity contribution in [1.29, 1.82) is 0 Å². The summed E-state index contributed by atoms with van der Waals surface area (Å²) < 4.78 is 28.1. The summed E-state index contributed by atoms with van der Waals surface area (Å²) in [6, 6.07) is 19.0. The third-order valence-corrected chi connectivity index (χ3v) is 7.82. The maximum Gasteiger partial charge on any atom is 0.261 e. The van der Waals surface area contributed by atoms with Crippen molar-refractivity contribution in [2.45, 2.75) is 42.2 Å². The Labute approximate surface area is 198 Å². The second kappa shape index (κ2) is 10.4. The molecule has 0 saturated carbocycles. The number of aryl methyl sites for hydroxylation is 2. The van der Waals surface area contributed by atoms with Gasteiger partial charge < -0.3 is 5.32 Å². The number of nitrogens with one attached hydrogen (secondary N) is 2. The lowest BCUT2D eigenvalue weighted by Crippen LogP contribution is -2.24. The van der Waals surface area contributed by atoms with E-state index in [1.807, 2.05) is 45.0 Å². The molecule has 0 spiro atoms. The Morgan fingerprint density at radius 1 is 1.00 bits per heavy atom. The monoisotopic (exact) mass is 488 g/mol. The second-order valence-electron chi connectivity index (χ2n) is 7.41. The number of halogens is 1. The molecule has 0 aromatic heterocycles. The quantitative estimate of drug-likeness (QED) is 0.366.